The summed E-state index contributed by atoms with van der Waals surface area (Å²) in [5.74, 6) is 0.990. The van der Waals surface area contributed by atoms with E-state index in [1.165, 1.54) is 11.3 Å². The number of hydrogen-bond acceptors (Lipinski definition) is 4. The second kappa shape index (κ2) is 3.89. The molecule has 0 unspecified atom stereocenters. The smallest absolute Gasteiger partial charge is 0.195 e. The maximum Gasteiger partial charge on any atom is 0.195 e. The van der Waals surface area contributed by atoms with E-state index in [0.29, 0.717) is 5.69 Å². The lowest BCUT2D eigenvalue weighted by atomic mass is 10.4. The van der Waals surface area contributed by atoms with Crippen molar-refractivity contribution in [2.45, 2.75) is 20.0 Å². The molecule has 14 heavy (non-hydrogen) atoms. The van der Waals surface area contributed by atoms with Crippen molar-refractivity contribution in [3.8, 4) is 5.13 Å². The summed E-state index contributed by atoms with van der Waals surface area (Å²) in [5.41, 5.74) is 0.709. The van der Waals surface area contributed by atoms with E-state index in [1.807, 2.05) is 16.1 Å². The Morgan fingerprint density at radius 3 is 3.07 bits per heavy atom. The number of rotatable bonds is 3. The number of aliphatic hydroxyl groups excluding tert-OH is 1. The summed E-state index contributed by atoms with van der Waals surface area (Å²) in [4.78, 5) is 8.48. The Kier molecular flexibility index (Phi) is 2.60. The number of thiazole rings is 1. The van der Waals surface area contributed by atoms with Gasteiger partial charge in [0.05, 0.1) is 12.3 Å². The van der Waals surface area contributed by atoms with Crippen LogP contribution in [0.3, 0.4) is 0 Å². The van der Waals surface area contributed by atoms with Gasteiger partial charge >= 0.3 is 0 Å². The number of imidazole rings is 1. The number of aryl methyl sites for hydroxylation is 1. The van der Waals surface area contributed by atoms with Crippen LogP contribution in [-0.4, -0.2) is 19.6 Å². The van der Waals surface area contributed by atoms with E-state index in [0.717, 1.165) is 17.4 Å². The van der Waals surface area contributed by atoms with Crippen LogP contribution in [0.4, 0.5) is 0 Å². The van der Waals surface area contributed by atoms with E-state index in [2.05, 4.69) is 16.9 Å². The number of nitrogens with zero attached hydrogens (tertiary/aromatic N) is 3. The van der Waals surface area contributed by atoms with E-state index in [1.54, 1.807) is 6.20 Å². The molecule has 0 aromatic carbocycles. The van der Waals surface area contributed by atoms with Gasteiger partial charge in [-0.3, -0.25) is 4.57 Å². The zero-order valence-corrected chi connectivity index (χ0v) is 8.66. The van der Waals surface area contributed by atoms with Crippen molar-refractivity contribution >= 4 is 11.3 Å². The van der Waals surface area contributed by atoms with Crippen LogP contribution in [0.15, 0.2) is 17.8 Å². The molecule has 0 aliphatic rings. The molecule has 0 saturated heterocycles. The first-order valence-electron chi connectivity index (χ1n) is 4.43. The summed E-state index contributed by atoms with van der Waals surface area (Å²) in [6, 6.07) is 0. The van der Waals surface area contributed by atoms with Crippen molar-refractivity contribution in [2.75, 3.05) is 0 Å². The number of aromatic nitrogens is 3. The molecule has 2 aromatic rings. The molecule has 0 amide bonds. The zero-order chi connectivity index (χ0) is 9.97. The molecule has 2 heterocycles. The minimum atomic E-state index is -0.00729. The topological polar surface area (TPSA) is 50.9 Å². The second-order valence-corrected chi connectivity index (χ2v) is 3.68. The van der Waals surface area contributed by atoms with Crippen LogP contribution in [0.1, 0.15) is 18.4 Å². The fraction of sp³-hybridized carbons (Fsp3) is 0.333. The molecule has 0 fully saturated rings. The van der Waals surface area contributed by atoms with Gasteiger partial charge in [0.25, 0.3) is 0 Å². The number of hydrogen-bond donors (Lipinski definition) is 1. The maximum absolute atomic E-state index is 8.89. The molecular weight excluding hydrogens is 198 g/mol. The highest BCUT2D eigenvalue weighted by Crippen LogP contribution is 2.16. The van der Waals surface area contributed by atoms with Crippen LogP contribution in [0.5, 0.6) is 0 Å². The lowest BCUT2D eigenvalue weighted by molar-refractivity contribution is 0.277. The third-order valence-corrected chi connectivity index (χ3v) is 2.83. The average molecular weight is 209 g/mol. The zero-order valence-electron chi connectivity index (χ0n) is 7.84. The van der Waals surface area contributed by atoms with E-state index in [9.17, 15) is 0 Å². The summed E-state index contributed by atoms with van der Waals surface area (Å²) in [6.07, 6.45) is 4.53. The van der Waals surface area contributed by atoms with Gasteiger partial charge in [-0.1, -0.05) is 6.92 Å². The SMILES string of the molecule is CCc1nccn1-c1nc(CO)cs1. The summed E-state index contributed by atoms with van der Waals surface area (Å²) in [6.45, 7) is 2.05. The van der Waals surface area contributed by atoms with E-state index < -0.39 is 0 Å². The lowest BCUT2D eigenvalue weighted by Crippen LogP contribution is -1.98. The predicted molar refractivity (Wildman–Crippen MR) is 54.5 cm³/mol. The average Bonchev–Trinajstić information content (AvgIpc) is 2.85. The molecule has 2 rings (SSSR count). The van der Waals surface area contributed by atoms with Crippen LogP contribution >= 0.6 is 11.3 Å². The summed E-state index contributed by atoms with van der Waals surface area (Å²) >= 11 is 1.51. The molecule has 0 bridgehead atoms. The van der Waals surface area contributed by atoms with Crippen molar-refractivity contribution in [3.05, 3.63) is 29.3 Å². The van der Waals surface area contributed by atoms with Gasteiger partial charge in [-0.2, -0.15) is 0 Å². The molecule has 74 valence electrons. The highest BCUT2D eigenvalue weighted by molar-refractivity contribution is 7.12. The molecule has 0 aliphatic heterocycles. The first kappa shape index (κ1) is 9.36. The molecule has 2 aromatic heterocycles. The molecule has 5 heteroatoms. The van der Waals surface area contributed by atoms with Crippen molar-refractivity contribution in [1.29, 1.82) is 0 Å². The maximum atomic E-state index is 8.89. The van der Waals surface area contributed by atoms with Gasteiger partial charge in [-0.05, 0) is 0 Å². The van der Waals surface area contributed by atoms with Crippen LogP contribution in [-0.2, 0) is 13.0 Å². The number of aliphatic hydroxyl groups is 1. The van der Waals surface area contributed by atoms with Crippen LogP contribution in [0.2, 0.25) is 0 Å². The Hall–Kier alpha value is -1.20. The first-order valence-corrected chi connectivity index (χ1v) is 5.31. The van der Waals surface area contributed by atoms with Gasteiger partial charge < -0.3 is 5.11 Å². The lowest BCUT2D eigenvalue weighted by Gasteiger charge is -2.00. The van der Waals surface area contributed by atoms with Crippen molar-refractivity contribution in [2.24, 2.45) is 0 Å². The second-order valence-electron chi connectivity index (χ2n) is 2.85. The minimum Gasteiger partial charge on any atom is -0.390 e. The Morgan fingerprint density at radius 2 is 2.43 bits per heavy atom. The molecule has 0 atom stereocenters. The fourth-order valence-electron chi connectivity index (χ4n) is 1.25. The standard InChI is InChI=1S/C9H11N3OS/c1-2-8-10-3-4-12(8)9-11-7(5-13)6-14-9/h3-4,6,13H,2,5H2,1H3. The van der Waals surface area contributed by atoms with Crippen LogP contribution in [0, 0.1) is 0 Å². The van der Waals surface area contributed by atoms with Crippen LogP contribution < -0.4 is 0 Å². The minimum absolute atomic E-state index is 0.00729. The highest BCUT2D eigenvalue weighted by Gasteiger charge is 2.06. The Balaban J connectivity index is 2.38. The normalized spacial score (nSPS) is 10.7. The summed E-state index contributed by atoms with van der Waals surface area (Å²) in [5, 5.41) is 11.6. The Morgan fingerprint density at radius 1 is 1.57 bits per heavy atom. The summed E-state index contributed by atoms with van der Waals surface area (Å²) in [7, 11) is 0. The molecule has 0 radical (unpaired) electrons. The quantitative estimate of drug-likeness (QED) is 0.831. The molecule has 0 aliphatic carbocycles. The van der Waals surface area contributed by atoms with Gasteiger partial charge in [0.2, 0.25) is 0 Å². The largest absolute Gasteiger partial charge is 0.390 e. The highest BCUT2D eigenvalue weighted by atomic mass is 32.1. The molecule has 0 saturated carbocycles. The van der Waals surface area contributed by atoms with E-state index in [4.69, 9.17) is 5.11 Å². The van der Waals surface area contributed by atoms with Gasteiger partial charge in [0.15, 0.2) is 5.13 Å². The van der Waals surface area contributed by atoms with Gasteiger partial charge in [0.1, 0.15) is 5.82 Å². The van der Waals surface area contributed by atoms with Gasteiger partial charge in [-0.15, -0.1) is 11.3 Å². The van der Waals surface area contributed by atoms with E-state index >= 15 is 0 Å². The van der Waals surface area contributed by atoms with Gasteiger partial charge in [0, 0.05) is 24.2 Å². The fourth-order valence-corrected chi connectivity index (χ4v) is 2.07. The molecule has 0 spiro atoms. The van der Waals surface area contributed by atoms with Crippen LogP contribution in [0.25, 0.3) is 5.13 Å². The molecular formula is C9H11N3OS. The Labute approximate surface area is 85.9 Å². The predicted octanol–water partition coefficient (Wildman–Crippen LogP) is 1.38. The van der Waals surface area contributed by atoms with Crippen molar-refractivity contribution in [3.63, 3.8) is 0 Å². The third kappa shape index (κ3) is 1.56. The Bertz CT molecular complexity index is 421. The third-order valence-electron chi connectivity index (χ3n) is 1.94. The van der Waals surface area contributed by atoms with Crippen molar-refractivity contribution < 1.29 is 5.11 Å². The first-order chi connectivity index (χ1) is 6.85. The summed E-state index contributed by atoms with van der Waals surface area (Å²) < 4.78 is 1.95. The molecule has 1 N–H and O–H groups in total. The van der Waals surface area contributed by atoms with Crippen molar-refractivity contribution in [1.82, 2.24) is 14.5 Å². The van der Waals surface area contributed by atoms with E-state index in [-0.39, 0.29) is 6.61 Å². The molecule has 4 nitrogen and oxygen atoms in total. The van der Waals surface area contributed by atoms with Gasteiger partial charge in [-0.25, -0.2) is 9.97 Å². The monoisotopic (exact) mass is 209 g/mol.